The van der Waals surface area contributed by atoms with Gasteiger partial charge in [-0.25, -0.2) is 0 Å². The fraction of sp³-hybridized carbons (Fsp3) is 1.00. The second-order valence-corrected chi connectivity index (χ2v) is 5.42. The summed E-state index contributed by atoms with van der Waals surface area (Å²) >= 11 is 0. The van der Waals surface area contributed by atoms with Crippen LogP contribution in [0.25, 0.3) is 0 Å². The van der Waals surface area contributed by atoms with E-state index in [4.69, 9.17) is 9.47 Å². The molecule has 0 heterocycles. The van der Waals surface area contributed by atoms with Gasteiger partial charge >= 0.3 is 0 Å². The number of rotatable bonds is 10. The monoisotopic (exact) mass is 257 g/mol. The van der Waals surface area contributed by atoms with E-state index in [0.29, 0.717) is 0 Å². The molecule has 0 saturated heterocycles. The van der Waals surface area contributed by atoms with E-state index in [1.165, 1.54) is 38.5 Å². The predicted octanol–water partition coefficient (Wildman–Crippen LogP) is 2.99. The molecule has 1 saturated carbocycles. The Labute approximate surface area is 113 Å². The molecule has 1 N–H and O–H groups in total. The van der Waals surface area contributed by atoms with Crippen molar-refractivity contribution in [3.8, 4) is 0 Å². The van der Waals surface area contributed by atoms with Gasteiger partial charge in [0, 0.05) is 32.9 Å². The maximum atomic E-state index is 5.54. The van der Waals surface area contributed by atoms with Crippen LogP contribution < -0.4 is 5.32 Å². The lowest BCUT2D eigenvalue weighted by Crippen LogP contribution is -2.35. The lowest BCUT2D eigenvalue weighted by molar-refractivity contribution is 0.101. The van der Waals surface area contributed by atoms with E-state index in [-0.39, 0.29) is 0 Å². The second-order valence-electron chi connectivity index (χ2n) is 5.42. The zero-order valence-corrected chi connectivity index (χ0v) is 12.2. The van der Waals surface area contributed by atoms with E-state index in [0.717, 1.165) is 44.7 Å². The molecule has 1 aliphatic carbocycles. The Balaban J connectivity index is 1.88. The summed E-state index contributed by atoms with van der Waals surface area (Å²) in [4.78, 5) is 0. The topological polar surface area (TPSA) is 30.5 Å². The van der Waals surface area contributed by atoms with E-state index >= 15 is 0 Å². The molecular weight excluding hydrogens is 226 g/mol. The molecule has 0 radical (unpaired) electrons. The van der Waals surface area contributed by atoms with E-state index in [2.05, 4.69) is 12.2 Å². The number of nitrogens with one attached hydrogen (secondary N) is 1. The van der Waals surface area contributed by atoms with Crippen molar-refractivity contribution >= 4 is 0 Å². The molecule has 0 aromatic carbocycles. The summed E-state index contributed by atoms with van der Waals surface area (Å²) in [5.41, 5.74) is 0. The molecule has 0 bridgehead atoms. The highest BCUT2D eigenvalue weighted by Gasteiger charge is 2.19. The van der Waals surface area contributed by atoms with Gasteiger partial charge < -0.3 is 14.8 Å². The molecule has 0 aliphatic heterocycles. The van der Waals surface area contributed by atoms with Crippen LogP contribution in [0.5, 0.6) is 0 Å². The number of hydrogen-bond donors (Lipinski definition) is 1. The van der Waals surface area contributed by atoms with E-state index in [1.54, 1.807) is 7.11 Å². The van der Waals surface area contributed by atoms with Crippen LogP contribution in [0.15, 0.2) is 0 Å². The van der Waals surface area contributed by atoms with E-state index < -0.39 is 0 Å². The third-order valence-electron chi connectivity index (χ3n) is 3.86. The van der Waals surface area contributed by atoms with Crippen LogP contribution >= 0.6 is 0 Å². The third-order valence-corrected chi connectivity index (χ3v) is 3.86. The van der Waals surface area contributed by atoms with Crippen molar-refractivity contribution in [1.29, 1.82) is 0 Å². The predicted molar refractivity (Wildman–Crippen MR) is 76.0 cm³/mol. The van der Waals surface area contributed by atoms with Crippen molar-refractivity contribution < 1.29 is 9.47 Å². The van der Waals surface area contributed by atoms with Gasteiger partial charge in [-0.2, -0.15) is 0 Å². The first-order valence-electron chi connectivity index (χ1n) is 7.66. The Kier molecular flexibility index (Phi) is 9.54. The highest BCUT2D eigenvalue weighted by Crippen LogP contribution is 2.27. The number of methoxy groups -OCH3 is 1. The van der Waals surface area contributed by atoms with Gasteiger partial charge in [0.2, 0.25) is 0 Å². The smallest absolute Gasteiger partial charge is 0.0591 e. The minimum absolute atomic E-state index is 0.737. The van der Waals surface area contributed by atoms with Crippen molar-refractivity contribution in [3.05, 3.63) is 0 Å². The molecule has 3 heteroatoms. The Bertz CT molecular complexity index is 179. The van der Waals surface area contributed by atoms with Crippen LogP contribution in [0, 0.1) is 5.92 Å². The molecule has 18 heavy (non-hydrogen) atoms. The van der Waals surface area contributed by atoms with Crippen LogP contribution in [0.4, 0.5) is 0 Å². The maximum Gasteiger partial charge on any atom is 0.0591 e. The SMILES string of the molecule is CCCC1CCC(NCCOCCCOC)CC1. The molecule has 1 aliphatic rings. The first kappa shape index (κ1) is 15.9. The van der Waals surface area contributed by atoms with Crippen LogP contribution in [-0.2, 0) is 9.47 Å². The zero-order valence-electron chi connectivity index (χ0n) is 12.2. The average Bonchev–Trinajstić information content (AvgIpc) is 2.40. The molecule has 3 nitrogen and oxygen atoms in total. The van der Waals surface area contributed by atoms with Crippen molar-refractivity contribution in [3.63, 3.8) is 0 Å². The van der Waals surface area contributed by atoms with Crippen molar-refractivity contribution in [2.24, 2.45) is 5.92 Å². The zero-order chi connectivity index (χ0) is 13.1. The molecule has 0 atom stereocenters. The molecule has 0 spiro atoms. The van der Waals surface area contributed by atoms with Crippen molar-refractivity contribution in [2.75, 3.05) is 33.5 Å². The van der Waals surface area contributed by atoms with E-state index in [1.807, 2.05) is 0 Å². The standard InChI is InChI=1S/C15H31NO2/c1-3-5-14-6-8-15(9-7-14)16-10-13-18-12-4-11-17-2/h14-16H,3-13H2,1-2H3. The van der Waals surface area contributed by atoms with Gasteiger partial charge in [-0.05, 0) is 38.0 Å². The van der Waals surface area contributed by atoms with Gasteiger partial charge in [-0.1, -0.05) is 19.8 Å². The molecular formula is C15H31NO2. The minimum atomic E-state index is 0.737. The number of hydrogen-bond acceptors (Lipinski definition) is 3. The molecule has 1 rings (SSSR count). The second kappa shape index (κ2) is 10.8. The fourth-order valence-electron chi connectivity index (χ4n) is 2.81. The summed E-state index contributed by atoms with van der Waals surface area (Å²) in [5, 5.41) is 3.62. The van der Waals surface area contributed by atoms with Crippen LogP contribution in [-0.4, -0.2) is 39.5 Å². The average molecular weight is 257 g/mol. The highest BCUT2D eigenvalue weighted by atomic mass is 16.5. The summed E-state index contributed by atoms with van der Waals surface area (Å²) in [6.07, 6.45) is 9.31. The Morgan fingerprint density at radius 1 is 1.06 bits per heavy atom. The Morgan fingerprint density at radius 2 is 1.83 bits per heavy atom. The van der Waals surface area contributed by atoms with E-state index in [9.17, 15) is 0 Å². The van der Waals surface area contributed by atoms with Gasteiger partial charge in [0.05, 0.1) is 6.61 Å². The molecule has 1 fully saturated rings. The summed E-state index contributed by atoms with van der Waals surface area (Å²) in [6, 6.07) is 0.737. The quantitative estimate of drug-likeness (QED) is 0.610. The maximum absolute atomic E-state index is 5.54. The summed E-state index contributed by atoms with van der Waals surface area (Å²) in [7, 11) is 1.73. The molecule has 0 aromatic rings. The molecule has 108 valence electrons. The summed E-state index contributed by atoms with van der Waals surface area (Å²) < 4.78 is 10.5. The van der Waals surface area contributed by atoms with Gasteiger partial charge in [-0.15, -0.1) is 0 Å². The lowest BCUT2D eigenvalue weighted by Gasteiger charge is -2.29. The Hall–Kier alpha value is -0.120. The van der Waals surface area contributed by atoms with Gasteiger partial charge in [0.15, 0.2) is 0 Å². The minimum Gasteiger partial charge on any atom is -0.385 e. The highest BCUT2D eigenvalue weighted by molar-refractivity contribution is 4.76. The molecule has 0 unspecified atom stereocenters. The Morgan fingerprint density at radius 3 is 2.50 bits per heavy atom. The van der Waals surface area contributed by atoms with Crippen molar-refractivity contribution in [1.82, 2.24) is 5.32 Å². The van der Waals surface area contributed by atoms with Gasteiger partial charge in [0.25, 0.3) is 0 Å². The largest absolute Gasteiger partial charge is 0.385 e. The summed E-state index contributed by atoms with van der Waals surface area (Å²) in [5.74, 6) is 0.998. The number of ether oxygens (including phenoxy) is 2. The van der Waals surface area contributed by atoms with Crippen LogP contribution in [0.3, 0.4) is 0 Å². The van der Waals surface area contributed by atoms with Crippen molar-refractivity contribution in [2.45, 2.75) is 57.9 Å². The first-order valence-corrected chi connectivity index (χ1v) is 7.66. The summed E-state index contributed by atoms with van der Waals surface area (Å²) in [6.45, 7) is 5.74. The molecule has 0 amide bonds. The molecule has 0 aromatic heterocycles. The van der Waals surface area contributed by atoms with Gasteiger partial charge in [-0.3, -0.25) is 0 Å². The lowest BCUT2D eigenvalue weighted by atomic mass is 9.83. The fourth-order valence-corrected chi connectivity index (χ4v) is 2.81. The normalized spacial score (nSPS) is 24.3. The van der Waals surface area contributed by atoms with Crippen LogP contribution in [0.2, 0.25) is 0 Å². The van der Waals surface area contributed by atoms with Crippen LogP contribution in [0.1, 0.15) is 51.9 Å². The first-order chi connectivity index (χ1) is 8.86. The third kappa shape index (κ3) is 7.34. The van der Waals surface area contributed by atoms with Gasteiger partial charge in [0.1, 0.15) is 0 Å².